The molecule has 1 N–H and O–H groups in total. The average Bonchev–Trinajstić information content (AvgIpc) is 3.27. The van der Waals surface area contributed by atoms with Crippen LogP contribution in [-0.4, -0.2) is 52.6 Å². The van der Waals surface area contributed by atoms with Crippen LogP contribution in [0.2, 0.25) is 14.5 Å². The normalized spacial score (nSPS) is 14.1. The molecule has 1 saturated carbocycles. The van der Waals surface area contributed by atoms with Crippen molar-refractivity contribution in [1.29, 1.82) is 0 Å². The SMILES string of the molecule is [CH2]=[Sn]([CH2]CCC)[c]1ccc(-c2c(COC)c(C(=O)NC3CCCCC3)nn2-c2ccc(Cl)cc2Cl)cc1. The van der Waals surface area contributed by atoms with Gasteiger partial charge in [0.25, 0.3) is 0 Å². The number of nitrogens with one attached hydrogen (secondary N) is 1. The summed E-state index contributed by atoms with van der Waals surface area (Å²) in [5.41, 5.74) is 3.53. The van der Waals surface area contributed by atoms with Gasteiger partial charge in [-0.15, -0.1) is 0 Å². The van der Waals surface area contributed by atoms with E-state index in [1.54, 1.807) is 23.9 Å². The molecule has 0 atom stereocenters. The molecule has 37 heavy (non-hydrogen) atoms. The van der Waals surface area contributed by atoms with Crippen LogP contribution >= 0.6 is 23.2 Å². The molecule has 0 aliphatic heterocycles. The van der Waals surface area contributed by atoms with Crippen molar-refractivity contribution in [3.05, 3.63) is 63.8 Å². The van der Waals surface area contributed by atoms with E-state index >= 15 is 0 Å². The summed E-state index contributed by atoms with van der Waals surface area (Å²) in [5, 5.41) is 9.05. The van der Waals surface area contributed by atoms with E-state index in [4.69, 9.17) is 33.0 Å². The summed E-state index contributed by atoms with van der Waals surface area (Å²) in [6.45, 7) is 2.48. The summed E-state index contributed by atoms with van der Waals surface area (Å²) in [6, 6.07) is 14.1. The molecule has 0 unspecified atom stereocenters. The molecule has 1 heterocycles. The molecule has 1 aliphatic carbocycles. The molecule has 5 nitrogen and oxygen atoms in total. The van der Waals surface area contributed by atoms with E-state index in [1.165, 1.54) is 27.3 Å². The van der Waals surface area contributed by atoms with Crippen LogP contribution in [0, 0.1) is 0 Å². The number of carbonyl (C=O) groups is 1. The van der Waals surface area contributed by atoms with Gasteiger partial charge in [-0.1, -0.05) is 6.42 Å². The number of benzene rings is 2. The first-order valence-electron chi connectivity index (χ1n) is 13.1. The van der Waals surface area contributed by atoms with Crippen LogP contribution in [0.15, 0.2) is 42.5 Å². The van der Waals surface area contributed by atoms with Crippen LogP contribution < -0.4 is 8.90 Å². The van der Waals surface area contributed by atoms with Crippen molar-refractivity contribution in [2.75, 3.05) is 7.11 Å². The summed E-state index contributed by atoms with van der Waals surface area (Å²) >= 11 is 11.0. The molecule has 2 aromatic carbocycles. The maximum atomic E-state index is 13.5. The van der Waals surface area contributed by atoms with Gasteiger partial charge >= 0.3 is 231 Å². The Kier molecular flexibility index (Phi) is 10.3. The summed E-state index contributed by atoms with van der Waals surface area (Å²) in [7, 11) is 1.64. The van der Waals surface area contributed by atoms with Gasteiger partial charge in [-0.3, -0.25) is 0 Å². The second kappa shape index (κ2) is 13.4. The van der Waals surface area contributed by atoms with E-state index in [9.17, 15) is 4.79 Å². The Morgan fingerprint density at radius 3 is 2.54 bits per heavy atom. The first-order chi connectivity index (χ1) is 17.9. The van der Waals surface area contributed by atoms with E-state index in [-0.39, 0.29) is 18.6 Å². The molecule has 1 amide bonds. The molecule has 1 aliphatic rings. The topological polar surface area (TPSA) is 56.1 Å². The van der Waals surface area contributed by atoms with Crippen LogP contribution in [-0.2, 0) is 11.3 Å². The Bertz CT molecular complexity index is 1250. The number of carbonyl (C=O) groups excluding carboxylic acids is 1. The molecule has 0 bridgehead atoms. The summed E-state index contributed by atoms with van der Waals surface area (Å²) in [5.74, 6) is -0.173. The number of rotatable bonds is 10. The van der Waals surface area contributed by atoms with Gasteiger partial charge < -0.3 is 0 Å². The Balaban J connectivity index is 1.80. The van der Waals surface area contributed by atoms with Crippen LogP contribution in [0.1, 0.15) is 67.9 Å². The number of nitrogens with zero attached hydrogens (tertiary/aromatic N) is 2. The number of hydrogen-bond donors (Lipinski definition) is 1. The predicted octanol–water partition coefficient (Wildman–Crippen LogP) is 6.57. The summed E-state index contributed by atoms with van der Waals surface area (Å²) < 4.78 is 14.5. The Labute approximate surface area is 236 Å². The molecular formula is C29H35Cl2N3O2Sn. The molecule has 4 rings (SSSR count). The van der Waals surface area contributed by atoms with Gasteiger partial charge in [-0.2, -0.15) is 0 Å². The van der Waals surface area contributed by atoms with Crippen molar-refractivity contribution in [3.8, 4) is 16.9 Å². The second-order valence-electron chi connectivity index (χ2n) is 9.71. The van der Waals surface area contributed by atoms with Gasteiger partial charge in [0, 0.05) is 0 Å². The fourth-order valence-electron chi connectivity index (χ4n) is 4.94. The van der Waals surface area contributed by atoms with E-state index in [0.717, 1.165) is 42.5 Å². The average molecular weight is 647 g/mol. The Hall–Kier alpha value is -1.67. The van der Waals surface area contributed by atoms with Gasteiger partial charge in [0.1, 0.15) is 0 Å². The Morgan fingerprint density at radius 1 is 1.16 bits per heavy atom. The van der Waals surface area contributed by atoms with E-state index in [0.29, 0.717) is 21.4 Å². The minimum absolute atomic E-state index is 0.173. The number of halogens is 2. The number of methoxy groups -OCH3 is 1. The first-order valence-corrected chi connectivity index (χ1v) is 19.3. The quantitative estimate of drug-likeness (QED) is 0.254. The molecule has 8 heteroatoms. The molecule has 0 spiro atoms. The fourth-order valence-corrected chi connectivity index (χ4v) is 10.3. The fraction of sp³-hybridized carbons (Fsp3) is 0.414. The van der Waals surface area contributed by atoms with Crippen LogP contribution in [0.25, 0.3) is 16.9 Å². The van der Waals surface area contributed by atoms with Gasteiger partial charge in [0.15, 0.2) is 0 Å². The summed E-state index contributed by atoms with van der Waals surface area (Å²) in [4.78, 5) is 13.5. The second-order valence-corrected chi connectivity index (χ2v) is 17.1. The third-order valence-electron chi connectivity index (χ3n) is 6.96. The van der Waals surface area contributed by atoms with Crippen molar-refractivity contribution in [2.45, 2.75) is 69.0 Å². The molecule has 1 aromatic heterocycles. The number of unbranched alkanes of at least 4 members (excludes halogenated alkanes) is 1. The van der Waals surface area contributed by atoms with Gasteiger partial charge in [-0.05, 0) is 0 Å². The number of amides is 1. The van der Waals surface area contributed by atoms with Crippen LogP contribution in [0.4, 0.5) is 0 Å². The standard InChI is InChI=1S/C24H24Cl2N3O2.C4H9.CH2.Sn/c1-31-15-19-22(24(30)27-18-10-6-3-7-11-18)28-29(21-13-12-17(25)14-20(21)26)23(19)16-8-4-2-5-9-16;1-3-4-2;;/h4-5,8-9,12-14,18H,3,6-7,10-11,15H2,1H3,(H,27,30);1,3-4H2,2H3;1H2;. The van der Waals surface area contributed by atoms with E-state index in [1.807, 2.05) is 6.07 Å². The van der Waals surface area contributed by atoms with Crippen LogP contribution in [0.5, 0.6) is 0 Å². The molecular weight excluding hydrogens is 612 g/mol. The van der Waals surface area contributed by atoms with E-state index in [2.05, 4.69) is 41.0 Å². The maximum absolute atomic E-state index is 13.5. The third-order valence-corrected chi connectivity index (χ3v) is 13.5. The molecule has 0 radical (unpaired) electrons. The minimum atomic E-state index is -1.85. The summed E-state index contributed by atoms with van der Waals surface area (Å²) in [6.07, 6.45) is 7.93. The number of ether oxygens (including phenoxy) is 1. The predicted molar refractivity (Wildman–Crippen MR) is 156 cm³/mol. The molecule has 196 valence electrons. The van der Waals surface area contributed by atoms with Gasteiger partial charge in [0.2, 0.25) is 0 Å². The van der Waals surface area contributed by atoms with Crippen molar-refractivity contribution in [1.82, 2.24) is 15.1 Å². The van der Waals surface area contributed by atoms with E-state index < -0.39 is 19.3 Å². The number of hydrogen-bond acceptors (Lipinski definition) is 3. The zero-order valence-electron chi connectivity index (χ0n) is 21.7. The van der Waals surface area contributed by atoms with Crippen molar-refractivity contribution >= 4 is 56.5 Å². The zero-order valence-corrected chi connectivity index (χ0v) is 26.0. The van der Waals surface area contributed by atoms with Crippen molar-refractivity contribution < 1.29 is 9.53 Å². The number of aromatic nitrogens is 2. The monoisotopic (exact) mass is 647 g/mol. The molecule has 0 saturated heterocycles. The van der Waals surface area contributed by atoms with Crippen molar-refractivity contribution in [2.24, 2.45) is 0 Å². The molecule has 1 fully saturated rings. The Morgan fingerprint density at radius 2 is 1.89 bits per heavy atom. The molecule has 3 aromatic rings. The first kappa shape index (κ1) is 28.3. The third kappa shape index (κ3) is 6.86. The van der Waals surface area contributed by atoms with Gasteiger partial charge in [-0.25, -0.2) is 0 Å². The zero-order chi connectivity index (χ0) is 26.4. The van der Waals surface area contributed by atoms with Gasteiger partial charge in [0.05, 0.1) is 0 Å². The van der Waals surface area contributed by atoms with Crippen molar-refractivity contribution in [3.63, 3.8) is 0 Å². The van der Waals surface area contributed by atoms with Crippen LogP contribution in [0.3, 0.4) is 0 Å².